The Morgan fingerprint density at radius 3 is 2.17 bits per heavy atom. The molecule has 8 heteroatoms. The smallest absolute Gasteiger partial charge is 0.274 e. The van der Waals surface area contributed by atoms with Crippen molar-refractivity contribution in [3.8, 4) is 0 Å². The average Bonchev–Trinajstić information content (AvgIpc) is 2.41. The normalized spacial score (nSPS) is 11.5. The molecule has 0 amide bonds. The van der Waals surface area contributed by atoms with E-state index in [4.69, 9.17) is 11.5 Å². The van der Waals surface area contributed by atoms with Gasteiger partial charge in [-0.3, -0.25) is 10.1 Å². The lowest BCUT2D eigenvalue weighted by atomic mass is 9.77. The highest BCUT2D eigenvalue weighted by Gasteiger charge is 2.32. The van der Waals surface area contributed by atoms with Crippen LogP contribution in [0.25, 0.3) is 0 Å². The zero-order chi connectivity index (χ0) is 18.2. The Balaban J connectivity index is 2.59. The van der Waals surface area contributed by atoms with Crippen LogP contribution in [0.2, 0.25) is 0 Å². The van der Waals surface area contributed by atoms with E-state index in [1.807, 2.05) is 0 Å². The van der Waals surface area contributed by atoms with Gasteiger partial charge in [0.25, 0.3) is 5.69 Å². The zero-order valence-electron chi connectivity index (χ0n) is 13.1. The van der Waals surface area contributed by atoms with E-state index >= 15 is 0 Å². The molecule has 24 heavy (non-hydrogen) atoms. The van der Waals surface area contributed by atoms with E-state index < -0.39 is 27.8 Å². The van der Waals surface area contributed by atoms with Gasteiger partial charge in [0.15, 0.2) is 0 Å². The Labute approximate surface area is 136 Å². The summed E-state index contributed by atoms with van der Waals surface area (Å²) in [5.41, 5.74) is 9.81. The molecule has 0 saturated heterocycles. The van der Waals surface area contributed by atoms with Gasteiger partial charge in [-0.25, -0.2) is 13.2 Å². The molecule has 0 aliphatic heterocycles. The van der Waals surface area contributed by atoms with E-state index in [2.05, 4.69) is 0 Å². The Hall–Kier alpha value is -2.77. The molecule has 5 nitrogen and oxygen atoms in total. The Morgan fingerprint density at radius 1 is 1.12 bits per heavy atom. The Kier molecular flexibility index (Phi) is 4.42. The molecule has 0 saturated carbocycles. The summed E-state index contributed by atoms with van der Waals surface area (Å²) in [6.45, 7) is 2.97. The van der Waals surface area contributed by atoms with Crippen molar-refractivity contribution < 1.29 is 18.1 Å². The van der Waals surface area contributed by atoms with E-state index in [1.54, 1.807) is 0 Å². The van der Waals surface area contributed by atoms with Crippen LogP contribution in [-0.4, -0.2) is 4.92 Å². The van der Waals surface area contributed by atoms with Crippen molar-refractivity contribution in [3.63, 3.8) is 0 Å². The number of rotatable bonds is 4. The Bertz CT molecular complexity index is 799. The fraction of sp³-hybridized carbons (Fsp3) is 0.250. The maximum Gasteiger partial charge on any atom is 0.274 e. The first kappa shape index (κ1) is 17.6. The van der Waals surface area contributed by atoms with Crippen LogP contribution in [0, 0.1) is 27.6 Å². The highest BCUT2D eigenvalue weighted by Crippen LogP contribution is 2.38. The molecule has 0 spiro atoms. The predicted molar refractivity (Wildman–Crippen MR) is 85.0 cm³/mol. The minimum Gasteiger partial charge on any atom is -0.397 e. The maximum atomic E-state index is 14.1. The molecule has 0 atom stereocenters. The molecule has 0 bridgehead atoms. The number of anilines is 2. The molecule has 0 aliphatic rings. The van der Waals surface area contributed by atoms with Crippen LogP contribution < -0.4 is 11.5 Å². The third-order valence-electron chi connectivity index (χ3n) is 3.87. The van der Waals surface area contributed by atoms with Crippen LogP contribution in [0.5, 0.6) is 0 Å². The molecule has 2 aromatic carbocycles. The SMILES string of the molecule is CC(C)(Cc1c([N+](=O)[O-])ccc(N)c1N)c1c(F)cc(F)cc1F. The quantitative estimate of drug-likeness (QED) is 0.504. The van der Waals surface area contributed by atoms with Gasteiger partial charge in [-0.05, 0) is 17.9 Å². The van der Waals surface area contributed by atoms with Crippen LogP contribution in [0.15, 0.2) is 24.3 Å². The van der Waals surface area contributed by atoms with E-state index in [9.17, 15) is 23.3 Å². The number of halogens is 3. The largest absolute Gasteiger partial charge is 0.397 e. The first-order valence-electron chi connectivity index (χ1n) is 7.01. The lowest BCUT2D eigenvalue weighted by Crippen LogP contribution is -2.25. The molecule has 0 unspecified atom stereocenters. The Morgan fingerprint density at radius 2 is 1.67 bits per heavy atom. The van der Waals surface area contributed by atoms with Crippen molar-refractivity contribution in [2.45, 2.75) is 25.7 Å². The van der Waals surface area contributed by atoms with Crippen molar-refractivity contribution in [2.75, 3.05) is 11.5 Å². The van der Waals surface area contributed by atoms with Crippen molar-refractivity contribution >= 4 is 17.1 Å². The summed E-state index contributed by atoms with van der Waals surface area (Å²) in [5.74, 6) is -3.18. The highest BCUT2D eigenvalue weighted by atomic mass is 19.1. The van der Waals surface area contributed by atoms with Crippen molar-refractivity contribution in [1.29, 1.82) is 0 Å². The molecule has 0 aliphatic carbocycles. The minimum absolute atomic E-state index is 0.0137. The number of nitrogens with zero attached hydrogens (tertiary/aromatic N) is 1. The monoisotopic (exact) mass is 339 g/mol. The van der Waals surface area contributed by atoms with Crippen LogP contribution in [0.4, 0.5) is 30.2 Å². The van der Waals surface area contributed by atoms with Crippen molar-refractivity contribution in [1.82, 2.24) is 0 Å². The second-order valence-corrected chi connectivity index (χ2v) is 6.13. The molecule has 0 fully saturated rings. The predicted octanol–water partition coefficient (Wildman–Crippen LogP) is 3.70. The van der Waals surface area contributed by atoms with E-state index in [-0.39, 0.29) is 34.6 Å². The topological polar surface area (TPSA) is 95.2 Å². The summed E-state index contributed by atoms with van der Waals surface area (Å²) in [6, 6.07) is 3.62. The highest BCUT2D eigenvalue weighted by molar-refractivity contribution is 5.73. The van der Waals surface area contributed by atoms with Gasteiger partial charge >= 0.3 is 0 Å². The number of nitro benzene ring substituents is 1. The summed E-state index contributed by atoms with van der Waals surface area (Å²) in [7, 11) is 0. The van der Waals surface area contributed by atoms with Gasteiger partial charge in [0.1, 0.15) is 17.5 Å². The second-order valence-electron chi connectivity index (χ2n) is 6.13. The van der Waals surface area contributed by atoms with Gasteiger partial charge in [-0.2, -0.15) is 0 Å². The first-order valence-corrected chi connectivity index (χ1v) is 7.01. The summed E-state index contributed by atoms with van der Waals surface area (Å²) in [6.07, 6.45) is -0.153. The fourth-order valence-electron chi connectivity index (χ4n) is 2.75. The van der Waals surface area contributed by atoms with Crippen LogP contribution in [-0.2, 0) is 11.8 Å². The van der Waals surface area contributed by atoms with Gasteiger partial charge < -0.3 is 11.5 Å². The van der Waals surface area contributed by atoms with Gasteiger partial charge in [0.2, 0.25) is 0 Å². The molecular weight excluding hydrogens is 323 g/mol. The molecule has 0 radical (unpaired) electrons. The second kappa shape index (κ2) is 6.03. The third-order valence-corrected chi connectivity index (χ3v) is 3.87. The van der Waals surface area contributed by atoms with Crippen molar-refractivity contribution in [3.05, 3.63) is 63.0 Å². The van der Waals surface area contributed by atoms with Crippen LogP contribution in [0.1, 0.15) is 25.0 Å². The number of nitrogens with two attached hydrogens (primary N) is 2. The summed E-state index contributed by atoms with van der Waals surface area (Å²) in [4.78, 5) is 10.6. The number of nitrogen functional groups attached to an aromatic ring is 2. The number of nitro groups is 1. The molecule has 4 N–H and O–H groups in total. The van der Waals surface area contributed by atoms with Gasteiger partial charge in [0, 0.05) is 23.8 Å². The molecular formula is C16H16F3N3O2. The van der Waals surface area contributed by atoms with Crippen LogP contribution in [0.3, 0.4) is 0 Å². The number of hydrogen-bond donors (Lipinski definition) is 2. The lowest BCUT2D eigenvalue weighted by molar-refractivity contribution is -0.385. The van der Waals surface area contributed by atoms with Crippen LogP contribution >= 0.6 is 0 Å². The lowest BCUT2D eigenvalue weighted by Gasteiger charge is -2.27. The molecule has 2 rings (SSSR count). The molecule has 128 valence electrons. The summed E-state index contributed by atoms with van der Waals surface area (Å²) in [5, 5.41) is 11.2. The standard InChI is InChI=1S/C16H16F3N3O2/c1-16(2,14-10(18)5-8(17)6-11(14)19)7-9-13(22(23)24)4-3-12(20)15(9)21/h3-6H,7,20-21H2,1-2H3. The maximum absolute atomic E-state index is 14.1. The van der Waals surface area contributed by atoms with E-state index in [0.717, 1.165) is 0 Å². The third kappa shape index (κ3) is 3.12. The average molecular weight is 339 g/mol. The minimum atomic E-state index is -1.23. The summed E-state index contributed by atoms with van der Waals surface area (Å²) >= 11 is 0. The number of benzene rings is 2. The summed E-state index contributed by atoms with van der Waals surface area (Å²) < 4.78 is 41.3. The van der Waals surface area contributed by atoms with Gasteiger partial charge in [-0.1, -0.05) is 13.8 Å². The first-order chi connectivity index (χ1) is 11.0. The van der Waals surface area contributed by atoms with Gasteiger partial charge in [0.05, 0.1) is 21.9 Å². The van der Waals surface area contributed by atoms with E-state index in [1.165, 1.54) is 26.0 Å². The zero-order valence-corrected chi connectivity index (χ0v) is 13.1. The fourth-order valence-corrected chi connectivity index (χ4v) is 2.75. The van der Waals surface area contributed by atoms with Gasteiger partial charge in [-0.15, -0.1) is 0 Å². The van der Waals surface area contributed by atoms with Crippen molar-refractivity contribution in [2.24, 2.45) is 0 Å². The molecule has 2 aromatic rings. The number of hydrogen-bond acceptors (Lipinski definition) is 4. The molecule has 0 heterocycles. The van der Waals surface area contributed by atoms with E-state index in [0.29, 0.717) is 12.1 Å². The molecule has 0 aromatic heterocycles.